The Bertz CT molecular complexity index is 938. The zero-order chi connectivity index (χ0) is 17.2. The highest BCUT2D eigenvalue weighted by Gasteiger charge is 2.15. The molecule has 3 aromatic rings. The molecule has 1 N–H and O–H groups in total. The number of hydrogen-bond donors (Lipinski definition) is 1. The van der Waals surface area contributed by atoms with Gasteiger partial charge in [0.15, 0.2) is 11.6 Å². The molecular weight excluding hydrogens is 342 g/mol. The van der Waals surface area contributed by atoms with Crippen LogP contribution in [-0.4, -0.2) is 25.2 Å². The van der Waals surface area contributed by atoms with Crippen molar-refractivity contribution < 1.29 is 13.6 Å². The Morgan fingerprint density at radius 1 is 1.16 bits per heavy atom. The fourth-order valence-corrected chi connectivity index (χ4v) is 3.04. The summed E-state index contributed by atoms with van der Waals surface area (Å²) in [5.41, 5.74) is 3.03. The fourth-order valence-electron chi connectivity index (χ4n) is 2.85. The lowest BCUT2D eigenvalue weighted by Crippen LogP contribution is -2.17. The first kappa shape index (κ1) is 15.8. The van der Waals surface area contributed by atoms with E-state index in [0.29, 0.717) is 16.4 Å². The van der Waals surface area contributed by atoms with E-state index in [0.717, 1.165) is 24.4 Å². The van der Waals surface area contributed by atoms with Gasteiger partial charge in [-0.25, -0.2) is 5.43 Å². The maximum Gasteiger partial charge on any atom is 0.307 e. The molecule has 128 valence electrons. The SMILES string of the molecule is O=C(N/N=C/c1ccc(N2CCCC2)o1)c1cc2cc(Cl)ccc2o1. The van der Waals surface area contributed by atoms with Crippen LogP contribution in [-0.2, 0) is 0 Å². The lowest BCUT2D eigenvalue weighted by atomic mass is 10.2. The maximum atomic E-state index is 12.1. The second kappa shape index (κ2) is 6.64. The lowest BCUT2D eigenvalue weighted by Gasteiger charge is -2.12. The molecule has 6 nitrogen and oxygen atoms in total. The van der Waals surface area contributed by atoms with Crippen molar-refractivity contribution in [3.05, 3.63) is 52.9 Å². The predicted molar refractivity (Wildman–Crippen MR) is 96.4 cm³/mol. The number of amides is 1. The number of hydrogen-bond acceptors (Lipinski definition) is 5. The molecule has 7 heteroatoms. The van der Waals surface area contributed by atoms with Crippen LogP contribution in [0, 0.1) is 0 Å². The van der Waals surface area contributed by atoms with Crippen molar-refractivity contribution in [2.24, 2.45) is 5.10 Å². The van der Waals surface area contributed by atoms with Gasteiger partial charge in [0.25, 0.3) is 0 Å². The van der Waals surface area contributed by atoms with Gasteiger partial charge in [0.2, 0.25) is 0 Å². The Morgan fingerprint density at radius 2 is 2.00 bits per heavy atom. The van der Waals surface area contributed by atoms with E-state index < -0.39 is 5.91 Å². The first-order valence-corrected chi connectivity index (χ1v) is 8.44. The predicted octanol–water partition coefficient (Wildman–Crippen LogP) is 4.04. The van der Waals surface area contributed by atoms with Crippen LogP contribution >= 0.6 is 11.6 Å². The number of furan rings is 2. The highest BCUT2D eigenvalue weighted by molar-refractivity contribution is 6.31. The third-order valence-corrected chi connectivity index (χ3v) is 4.33. The monoisotopic (exact) mass is 357 g/mol. The first-order valence-electron chi connectivity index (χ1n) is 8.06. The summed E-state index contributed by atoms with van der Waals surface area (Å²) in [5.74, 6) is 1.15. The number of fused-ring (bicyclic) bond motifs is 1. The van der Waals surface area contributed by atoms with Gasteiger partial charge in [0.05, 0.1) is 6.21 Å². The molecule has 1 fully saturated rings. The minimum absolute atomic E-state index is 0.173. The van der Waals surface area contributed by atoms with Crippen LogP contribution in [0.1, 0.15) is 29.2 Å². The molecule has 0 radical (unpaired) electrons. The molecule has 3 heterocycles. The van der Waals surface area contributed by atoms with Crippen LogP contribution in [0.25, 0.3) is 11.0 Å². The number of hydrazone groups is 1. The molecule has 0 spiro atoms. The van der Waals surface area contributed by atoms with Crippen LogP contribution in [0.4, 0.5) is 5.88 Å². The molecule has 25 heavy (non-hydrogen) atoms. The standard InChI is InChI=1S/C18H16ClN3O3/c19-13-3-5-15-12(9-13)10-16(25-15)18(23)21-20-11-14-4-6-17(24-14)22-7-1-2-8-22/h3-6,9-11H,1-2,7-8H2,(H,21,23)/b20-11+. The molecular formula is C18H16ClN3O3. The van der Waals surface area contributed by atoms with Crippen molar-refractivity contribution in [2.75, 3.05) is 18.0 Å². The number of anilines is 1. The molecule has 0 atom stereocenters. The molecule has 0 saturated carbocycles. The van der Waals surface area contributed by atoms with E-state index in [1.54, 1.807) is 24.3 Å². The molecule has 0 unspecified atom stereocenters. The van der Waals surface area contributed by atoms with Crippen molar-refractivity contribution in [2.45, 2.75) is 12.8 Å². The van der Waals surface area contributed by atoms with Crippen LogP contribution in [0.15, 0.2) is 50.3 Å². The Kier molecular flexibility index (Phi) is 4.19. The molecule has 1 saturated heterocycles. The van der Waals surface area contributed by atoms with Gasteiger partial charge in [-0.05, 0) is 43.2 Å². The van der Waals surface area contributed by atoms with E-state index in [1.165, 1.54) is 19.1 Å². The summed E-state index contributed by atoms with van der Waals surface area (Å²) in [4.78, 5) is 14.3. The number of halogens is 1. The van der Waals surface area contributed by atoms with Crippen LogP contribution in [0.3, 0.4) is 0 Å². The average Bonchev–Trinajstić information content (AvgIpc) is 3.34. The summed E-state index contributed by atoms with van der Waals surface area (Å²) in [7, 11) is 0. The normalized spacial score (nSPS) is 14.7. The molecule has 0 bridgehead atoms. The fraction of sp³-hybridized carbons (Fsp3) is 0.222. The van der Waals surface area contributed by atoms with Gasteiger partial charge in [-0.15, -0.1) is 0 Å². The van der Waals surface area contributed by atoms with E-state index in [1.807, 2.05) is 12.1 Å². The second-order valence-corrected chi connectivity index (χ2v) is 6.30. The van der Waals surface area contributed by atoms with E-state index >= 15 is 0 Å². The van der Waals surface area contributed by atoms with Crippen molar-refractivity contribution >= 4 is 40.6 Å². The molecule has 0 aliphatic carbocycles. The van der Waals surface area contributed by atoms with Crippen molar-refractivity contribution in [3.63, 3.8) is 0 Å². The van der Waals surface area contributed by atoms with E-state index in [2.05, 4.69) is 15.4 Å². The zero-order valence-corrected chi connectivity index (χ0v) is 14.1. The summed E-state index contributed by atoms with van der Waals surface area (Å²) >= 11 is 5.93. The summed E-state index contributed by atoms with van der Waals surface area (Å²) in [6.07, 6.45) is 3.84. The van der Waals surface area contributed by atoms with E-state index in [9.17, 15) is 4.79 Å². The van der Waals surface area contributed by atoms with Crippen molar-refractivity contribution in [1.29, 1.82) is 0 Å². The quantitative estimate of drug-likeness (QED) is 0.565. The van der Waals surface area contributed by atoms with Gasteiger partial charge >= 0.3 is 5.91 Å². The highest BCUT2D eigenvalue weighted by atomic mass is 35.5. The number of carbonyl (C=O) groups is 1. The zero-order valence-electron chi connectivity index (χ0n) is 13.4. The first-order chi connectivity index (χ1) is 12.2. The smallest absolute Gasteiger partial charge is 0.307 e. The van der Waals surface area contributed by atoms with Crippen molar-refractivity contribution in [1.82, 2.24) is 5.43 Å². The Hall–Kier alpha value is -2.73. The number of benzene rings is 1. The Balaban J connectivity index is 1.41. The van der Waals surface area contributed by atoms with Gasteiger partial charge < -0.3 is 13.7 Å². The number of nitrogens with zero attached hydrogens (tertiary/aromatic N) is 2. The van der Waals surface area contributed by atoms with Crippen molar-refractivity contribution in [3.8, 4) is 0 Å². The van der Waals surface area contributed by atoms with E-state index in [-0.39, 0.29) is 5.76 Å². The van der Waals surface area contributed by atoms with Gasteiger partial charge in [-0.1, -0.05) is 11.6 Å². The Morgan fingerprint density at radius 3 is 2.84 bits per heavy atom. The molecule has 1 aliphatic rings. The number of carbonyl (C=O) groups excluding carboxylic acids is 1. The lowest BCUT2D eigenvalue weighted by molar-refractivity contribution is 0.0929. The summed E-state index contributed by atoms with van der Waals surface area (Å²) in [6, 6.07) is 10.5. The highest BCUT2D eigenvalue weighted by Crippen LogP contribution is 2.23. The molecule has 1 aliphatic heterocycles. The molecule has 2 aromatic heterocycles. The van der Waals surface area contributed by atoms with Crippen LogP contribution in [0.5, 0.6) is 0 Å². The third kappa shape index (κ3) is 3.39. The summed E-state index contributed by atoms with van der Waals surface area (Å²) in [6.45, 7) is 2.02. The molecule has 4 rings (SSSR count). The minimum Gasteiger partial charge on any atom is -0.451 e. The van der Waals surface area contributed by atoms with Gasteiger partial charge in [-0.3, -0.25) is 4.79 Å². The maximum absolute atomic E-state index is 12.1. The van der Waals surface area contributed by atoms with E-state index in [4.69, 9.17) is 20.4 Å². The Labute approximate surface area is 149 Å². The molecule has 1 aromatic carbocycles. The van der Waals surface area contributed by atoms with Crippen LogP contribution in [0.2, 0.25) is 5.02 Å². The molecule has 1 amide bonds. The third-order valence-electron chi connectivity index (χ3n) is 4.09. The van der Waals surface area contributed by atoms with Crippen LogP contribution < -0.4 is 10.3 Å². The second-order valence-electron chi connectivity index (χ2n) is 5.86. The largest absolute Gasteiger partial charge is 0.451 e. The number of nitrogens with one attached hydrogen (secondary N) is 1. The van der Waals surface area contributed by atoms with Gasteiger partial charge in [0, 0.05) is 29.6 Å². The summed E-state index contributed by atoms with van der Waals surface area (Å²) in [5, 5.41) is 5.28. The van der Waals surface area contributed by atoms with Gasteiger partial charge in [-0.2, -0.15) is 5.10 Å². The summed E-state index contributed by atoms with van der Waals surface area (Å²) < 4.78 is 11.2. The van der Waals surface area contributed by atoms with Gasteiger partial charge in [0.1, 0.15) is 11.3 Å². The average molecular weight is 358 g/mol. The minimum atomic E-state index is -0.435. The topological polar surface area (TPSA) is 71.0 Å². The number of rotatable bonds is 4.